The topological polar surface area (TPSA) is 46.2 Å². The molecule has 1 N–H and O–H groups in total. The zero-order chi connectivity index (χ0) is 10.7. The molecule has 14 heavy (non-hydrogen) atoms. The molecule has 1 rings (SSSR count). The van der Waals surface area contributed by atoms with Crippen LogP contribution in [0.4, 0.5) is 10.1 Å². The predicted octanol–water partition coefficient (Wildman–Crippen LogP) is 2.25. The Balaban J connectivity index is 3.16. The van der Waals surface area contributed by atoms with Gasteiger partial charge in [0.05, 0.1) is 16.3 Å². The van der Waals surface area contributed by atoms with Crippen molar-refractivity contribution in [2.75, 3.05) is 5.32 Å². The second kappa shape index (κ2) is 4.19. The summed E-state index contributed by atoms with van der Waals surface area (Å²) in [7, 11) is 0. The van der Waals surface area contributed by atoms with E-state index >= 15 is 0 Å². The number of anilines is 1. The molecule has 1 aromatic rings. The molecule has 0 atom stereocenters. The van der Waals surface area contributed by atoms with Crippen LogP contribution in [0.2, 0.25) is 5.02 Å². The minimum Gasteiger partial charge on any atom is -0.325 e. The third-order valence-electron chi connectivity index (χ3n) is 1.52. The molecule has 0 aliphatic carbocycles. The number of rotatable bonds is 2. The van der Waals surface area contributed by atoms with E-state index in [1.54, 1.807) is 0 Å². The Kier molecular flexibility index (Phi) is 3.19. The minimum atomic E-state index is -0.709. The standard InChI is InChI=1S/C9H7ClFNO2/c1-5(14)12-9-2-6(4-13)8(11)3-7(9)10/h2-4H,1H3,(H,12,14). The molecule has 0 radical (unpaired) electrons. The van der Waals surface area contributed by atoms with Crippen molar-refractivity contribution in [1.82, 2.24) is 0 Å². The molecular weight excluding hydrogens is 209 g/mol. The maximum absolute atomic E-state index is 12.9. The maximum atomic E-state index is 12.9. The Morgan fingerprint density at radius 2 is 2.21 bits per heavy atom. The Hall–Kier alpha value is -1.42. The van der Waals surface area contributed by atoms with Gasteiger partial charge in [0, 0.05) is 6.92 Å². The molecule has 1 aromatic carbocycles. The van der Waals surface area contributed by atoms with Gasteiger partial charge in [-0.25, -0.2) is 4.39 Å². The third-order valence-corrected chi connectivity index (χ3v) is 1.84. The molecule has 5 heteroatoms. The van der Waals surface area contributed by atoms with Crippen molar-refractivity contribution < 1.29 is 14.0 Å². The van der Waals surface area contributed by atoms with Gasteiger partial charge in [0.15, 0.2) is 6.29 Å². The number of carbonyl (C=O) groups excluding carboxylic acids is 2. The van der Waals surface area contributed by atoms with E-state index in [4.69, 9.17) is 11.6 Å². The van der Waals surface area contributed by atoms with Crippen LogP contribution in [0.3, 0.4) is 0 Å². The summed E-state index contributed by atoms with van der Waals surface area (Å²) in [6.07, 6.45) is 0.358. The first kappa shape index (κ1) is 10.7. The number of carbonyl (C=O) groups is 2. The summed E-state index contributed by atoms with van der Waals surface area (Å²) in [6, 6.07) is 2.17. The van der Waals surface area contributed by atoms with E-state index in [1.165, 1.54) is 13.0 Å². The smallest absolute Gasteiger partial charge is 0.221 e. The molecule has 0 spiro atoms. The second-order valence-corrected chi connectivity index (χ2v) is 3.06. The van der Waals surface area contributed by atoms with Crippen LogP contribution in [0.15, 0.2) is 12.1 Å². The zero-order valence-electron chi connectivity index (χ0n) is 7.30. The summed E-state index contributed by atoms with van der Waals surface area (Å²) in [5.41, 5.74) is 0.0841. The fraction of sp³-hybridized carbons (Fsp3) is 0.111. The highest BCUT2D eigenvalue weighted by Crippen LogP contribution is 2.24. The van der Waals surface area contributed by atoms with E-state index in [9.17, 15) is 14.0 Å². The third kappa shape index (κ3) is 2.29. The molecule has 3 nitrogen and oxygen atoms in total. The quantitative estimate of drug-likeness (QED) is 0.770. The molecule has 0 aromatic heterocycles. The van der Waals surface area contributed by atoms with Crippen LogP contribution in [0.1, 0.15) is 17.3 Å². The highest BCUT2D eigenvalue weighted by Gasteiger charge is 2.08. The van der Waals surface area contributed by atoms with Crippen molar-refractivity contribution in [3.8, 4) is 0 Å². The number of aldehydes is 1. The summed E-state index contributed by atoms with van der Waals surface area (Å²) in [4.78, 5) is 21.1. The van der Waals surface area contributed by atoms with Crippen molar-refractivity contribution in [2.45, 2.75) is 6.92 Å². The van der Waals surface area contributed by atoms with Gasteiger partial charge < -0.3 is 5.32 Å². The minimum absolute atomic E-state index is 0.0586. The fourth-order valence-corrected chi connectivity index (χ4v) is 1.14. The average molecular weight is 216 g/mol. The van der Waals surface area contributed by atoms with Gasteiger partial charge in [0.1, 0.15) is 5.82 Å². The Labute approximate surface area is 84.9 Å². The SMILES string of the molecule is CC(=O)Nc1cc(C=O)c(F)cc1Cl. The number of hydrogen-bond acceptors (Lipinski definition) is 2. The van der Waals surface area contributed by atoms with Crippen molar-refractivity contribution >= 4 is 29.5 Å². The van der Waals surface area contributed by atoms with Gasteiger partial charge in [0.2, 0.25) is 5.91 Å². The maximum Gasteiger partial charge on any atom is 0.221 e. The lowest BCUT2D eigenvalue weighted by Gasteiger charge is -2.05. The molecule has 0 fully saturated rings. The molecule has 74 valence electrons. The van der Waals surface area contributed by atoms with E-state index in [1.807, 2.05) is 0 Å². The van der Waals surface area contributed by atoms with Gasteiger partial charge in [-0.2, -0.15) is 0 Å². The first-order chi connectivity index (χ1) is 6.54. The first-order valence-electron chi connectivity index (χ1n) is 3.76. The van der Waals surface area contributed by atoms with E-state index in [-0.39, 0.29) is 22.2 Å². The average Bonchev–Trinajstić information content (AvgIpc) is 2.09. The lowest BCUT2D eigenvalue weighted by Crippen LogP contribution is -2.07. The van der Waals surface area contributed by atoms with Gasteiger partial charge >= 0.3 is 0 Å². The molecule has 0 aliphatic heterocycles. The Morgan fingerprint density at radius 3 is 2.71 bits per heavy atom. The highest BCUT2D eigenvalue weighted by atomic mass is 35.5. The predicted molar refractivity (Wildman–Crippen MR) is 51.1 cm³/mol. The fourth-order valence-electron chi connectivity index (χ4n) is 0.941. The Morgan fingerprint density at radius 1 is 1.57 bits per heavy atom. The lowest BCUT2D eigenvalue weighted by molar-refractivity contribution is -0.114. The van der Waals surface area contributed by atoms with Crippen LogP contribution in [-0.4, -0.2) is 12.2 Å². The summed E-state index contributed by atoms with van der Waals surface area (Å²) in [5.74, 6) is -1.05. The largest absolute Gasteiger partial charge is 0.325 e. The van der Waals surface area contributed by atoms with E-state index in [2.05, 4.69) is 5.32 Å². The zero-order valence-corrected chi connectivity index (χ0v) is 8.06. The summed E-state index contributed by atoms with van der Waals surface area (Å²) >= 11 is 5.63. The number of benzene rings is 1. The Bertz CT molecular complexity index is 393. The van der Waals surface area contributed by atoms with Gasteiger partial charge in [0.25, 0.3) is 0 Å². The van der Waals surface area contributed by atoms with Crippen molar-refractivity contribution in [3.05, 3.63) is 28.5 Å². The van der Waals surface area contributed by atoms with Crippen LogP contribution in [0, 0.1) is 5.82 Å². The molecule has 0 heterocycles. The first-order valence-corrected chi connectivity index (χ1v) is 4.14. The second-order valence-electron chi connectivity index (χ2n) is 2.65. The van der Waals surface area contributed by atoms with Crippen LogP contribution >= 0.6 is 11.6 Å². The number of halogens is 2. The van der Waals surface area contributed by atoms with Crippen LogP contribution in [-0.2, 0) is 4.79 Å². The van der Waals surface area contributed by atoms with Gasteiger partial charge in [-0.1, -0.05) is 11.6 Å². The van der Waals surface area contributed by atoms with Gasteiger partial charge in [-0.05, 0) is 12.1 Å². The lowest BCUT2D eigenvalue weighted by atomic mass is 10.2. The van der Waals surface area contributed by atoms with E-state index in [0.29, 0.717) is 6.29 Å². The van der Waals surface area contributed by atoms with E-state index in [0.717, 1.165) is 6.07 Å². The molecule has 0 saturated carbocycles. The normalized spacial score (nSPS) is 9.64. The summed E-state index contributed by atoms with van der Waals surface area (Å²) in [5, 5.41) is 2.44. The molecule has 1 amide bonds. The van der Waals surface area contributed by atoms with Gasteiger partial charge in [-0.15, -0.1) is 0 Å². The summed E-state index contributed by atoms with van der Waals surface area (Å²) in [6.45, 7) is 1.29. The van der Waals surface area contributed by atoms with Gasteiger partial charge in [-0.3, -0.25) is 9.59 Å². The number of hydrogen-bond donors (Lipinski definition) is 1. The molecule has 0 saturated heterocycles. The van der Waals surface area contributed by atoms with Crippen LogP contribution in [0.25, 0.3) is 0 Å². The van der Waals surface area contributed by atoms with Crippen LogP contribution < -0.4 is 5.32 Å². The molecule has 0 bridgehead atoms. The number of nitrogens with one attached hydrogen (secondary N) is 1. The highest BCUT2D eigenvalue weighted by molar-refractivity contribution is 6.33. The molecular formula is C9H7ClFNO2. The van der Waals surface area contributed by atoms with Crippen LogP contribution in [0.5, 0.6) is 0 Å². The molecule has 0 aliphatic rings. The molecule has 0 unspecified atom stereocenters. The summed E-state index contributed by atoms with van der Waals surface area (Å²) < 4.78 is 12.9. The van der Waals surface area contributed by atoms with E-state index < -0.39 is 5.82 Å². The number of amides is 1. The van der Waals surface area contributed by atoms with Crippen molar-refractivity contribution in [2.24, 2.45) is 0 Å². The van der Waals surface area contributed by atoms with Crippen molar-refractivity contribution in [1.29, 1.82) is 0 Å². The van der Waals surface area contributed by atoms with Crippen molar-refractivity contribution in [3.63, 3.8) is 0 Å². The monoisotopic (exact) mass is 215 g/mol.